The zero-order chi connectivity index (χ0) is 14.0. The summed E-state index contributed by atoms with van der Waals surface area (Å²) in [6, 6.07) is 0. The SMILES string of the molecule is CCCCN1C(=O)C(C)(CC)NC(=O)C1(C)CC. The summed E-state index contributed by atoms with van der Waals surface area (Å²) in [6.07, 6.45) is 3.23. The van der Waals surface area contributed by atoms with Gasteiger partial charge in [-0.05, 0) is 33.1 Å². The lowest BCUT2D eigenvalue weighted by Crippen LogP contribution is -2.73. The molecule has 0 aromatic rings. The van der Waals surface area contributed by atoms with Gasteiger partial charge < -0.3 is 10.2 Å². The molecule has 1 fully saturated rings. The third-order valence-corrected chi connectivity index (χ3v) is 4.32. The molecular weight excluding hydrogens is 228 g/mol. The van der Waals surface area contributed by atoms with Crippen molar-refractivity contribution >= 4 is 11.8 Å². The smallest absolute Gasteiger partial charge is 0.248 e. The summed E-state index contributed by atoms with van der Waals surface area (Å²) in [6.45, 7) is 10.3. The minimum Gasteiger partial charge on any atom is -0.340 e. The van der Waals surface area contributed by atoms with Gasteiger partial charge in [0.15, 0.2) is 0 Å². The normalized spacial score (nSPS) is 32.6. The van der Waals surface area contributed by atoms with Gasteiger partial charge in [0.05, 0.1) is 0 Å². The lowest BCUT2D eigenvalue weighted by atomic mass is 9.84. The van der Waals surface area contributed by atoms with Gasteiger partial charge in [0.1, 0.15) is 11.1 Å². The van der Waals surface area contributed by atoms with E-state index in [1.807, 2.05) is 27.7 Å². The predicted molar refractivity (Wildman–Crippen MR) is 72.2 cm³/mol. The summed E-state index contributed by atoms with van der Waals surface area (Å²) >= 11 is 0. The molecule has 4 nitrogen and oxygen atoms in total. The molecule has 4 heteroatoms. The highest BCUT2D eigenvalue weighted by Gasteiger charge is 2.52. The second-order valence-electron chi connectivity index (χ2n) is 5.58. The molecule has 2 atom stereocenters. The first kappa shape index (κ1) is 15.0. The molecule has 1 N–H and O–H groups in total. The number of unbranched alkanes of at least 4 members (excludes halogenated alkanes) is 1. The summed E-state index contributed by atoms with van der Waals surface area (Å²) in [4.78, 5) is 26.7. The van der Waals surface area contributed by atoms with Crippen molar-refractivity contribution in [2.45, 2.75) is 71.4 Å². The van der Waals surface area contributed by atoms with Gasteiger partial charge >= 0.3 is 0 Å². The number of piperazine rings is 1. The van der Waals surface area contributed by atoms with Crippen LogP contribution in [0, 0.1) is 0 Å². The number of nitrogens with one attached hydrogen (secondary N) is 1. The summed E-state index contributed by atoms with van der Waals surface area (Å²) < 4.78 is 0. The van der Waals surface area contributed by atoms with Crippen molar-refractivity contribution in [2.75, 3.05) is 6.54 Å². The molecule has 0 radical (unpaired) electrons. The number of amides is 2. The largest absolute Gasteiger partial charge is 0.340 e. The van der Waals surface area contributed by atoms with E-state index in [0.29, 0.717) is 19.4 Å². The van der Waals surface area contributed by atoms with E-state index in [2.05, 4.69) is 12.2 Å². The minimum absolute atomic E-state index is 0.0231. The maximum atomic E-state index is 12.6. The fourth-order valence-corrected chi connectivity index (χ4v) is 2.34. The zero-order valence-electron chi connectivity index (χ0n) is 12.3. The molecule has 1 aliphatic heterocycles. The van der Waals surface area contributed by atoms with Crippen LogP contribution in [0.1, 0.15) is 60.3 Å². The van der Waals surface area contributed by atoms with E-state index < -0.39 is 11.1 Å². The van der Waals surface area contributed by atoms with Crippen LogP contribution in [0.3, 0.4) is 0 Å². The Morgan fingerprint density at radius 3 is 2.17 bits per heavy atom. The van der Waals surface area contributed by atoms with Crippen LogP contribution in [-0.2, 0) is 9.59 Å². The Kier molecular flexibility index (Phi) is 4.41. The Labute approximate surface area is 110 Å². The van der Waals surface area contributed by atoms with Gasteiger partial charge in [0.25, 0.3) is 0 Å². The average Bonchev–Trinajstić information content (AvgIpc) is 2.36. The van der Waals surface area contributed by atoms with Gasteiger partial charge in [-0.25, -0.2) is 0 Å². The molecule has 0 saturated carbocycles. The molecule has 0 bridgehead atoms. The fraction of sp³-hybridized carbons (Fsp3) is 0.857. The summed E-state index contributed by atoms with van der Waals surface area (Å²) in [7, 11) is 0. The molecule has 0 aromatic heterocycles. The minimum atomic E-state index is -0.737. The number of carbonyl (C=O) groups is 2. The van der Waals surface area contributed by atoms with Crippen LogP contribution < -0.4 is 5.32 Å². The molecule has 1 aliphatic rings. The summed E-state index contributed by atoms with van der Waals surface area (Å²) in [5.41, 5.74) is -1.43. The van der Waals surface area contributed by atoms with Gasteiger partial charge in [0.2, 0.25) is 11.8 Å². The molecule has 0 aliphatic carbocycles. The average molecular weight is 254 g/mol. The molecule has 0 aromatic carbocycles. The van der Waals surface area contributed by atoms with E-state index in [4.69, 9.17) is 0 Å². The van der Waals surface area contributed by atoms with Crippen LogP contribution in [0.4, 0.5) is 0 Å². The molecule has 1 heterocycles. The van der Waals surface area contributed by atoms with Gasteiger partial charge in [-0.1, -0.05) is 27.2 Å². The van der Waals surface area contributed by atoms with Gasteiger partial charge in [-0.15, -0.1) is 0 Å². The number of hydrogen-bond donors (Lipinski definition) is 1. The lowest BCUT2D eigenvalue weighted by Gasteiger charge is -2.50. The van der Waals surface area contributed by atoms with Gasteiger partial charge in [-0.3, -0.25) is 9.59 Å². The maximum absolute atomic E-state index is 12.6. The van der Waals surface area contributed by atoms with Crippen molar-refractivity contribution in [3.05, 3.63) is 0 Å². The van der Waals surface area contributed by atoms with Crippen molar-refractivity contribution in [3.63, 3.8) is 0 Å². The van der Waals surface area contributed by atoms with Crippen LogP contribution in [0.25, 0.3) is 0 Å². The Morgan fingerprint density at radius 2 is 1.72 bits per heavy atom. The molecule has 1 rings (SSSR count). The molecule has 0 spiro atoms. The Balaban J connectivity index is 3.09. The standard InChI is InChI=1S/C14H26N2O2/c1-6-9-10-16-12(18)13(4,7-2)15-11(17)14(16,5)8-3/h6-10H2,1-5H3,(H,15,17). The van der Waals surface area contributed by atoms with E-state index in [1.165, 1.54) is 0 Å². The highest BCUT2D eigenvalue weighted by atomic mass is 16.2. The van der Waals surface area contributed by atoms with Crippen molar-refractivity contribution in [1.82, 2.24) is 10.2 Å². The van der Waals surface area contributed by atoms with Crippen LogP contribution in [0.2, 0.25) is 0 Å². The monoisotopic (exact) mass is 254 g/mol. The van der Waals surface area contributed by atoms with Crippen LogP contribution in [-0.4, -0.2) is 34.3 Å². The molecule has 104 valence electrons. The molecule has 1 saturated heterocycles. The number of hydrogen-bond acceptors (Lipinski definition) is 2. The summed E-state index contributed by atoms with van der Waals surface area (Å²) in [5.74, 6) is 0.0347. The molecule has 2 unspecified atom stereocenters. The second-order valence-corrected chi connectivity index (χ2v) is 5.58. The Morgan fingerprint density at radius 1 is 1.11 bits per heavy atom. The first-order valence-corrected chi connectivity index (χ1v) is 7.00. The highest BCUT2D eigenvalue weighted by molar-refractivity contribution is 6.01. The topological polar surface area (TPSA) is 49.4 Å². The Hall–Kier alpha value is -1.06. The highest BCUT2D eigenvalue weighted by Crippen LogP contribution is 2.30. The third-order valence-electron chi connectivity index (χ3n) is 4.32. The van der Waals surface area contributed by atoms with Crippen molar-refractivity contribution < 1.29 is 9.59 Å². The number of rotatable bonds is 5. The van der Waals surface area contributed by atoms with Crippen molar-refractivity contribution in [3.8, 4) is 0 Å². The predicted octanol–water partition coefficient (Wildman–Crippen LogP) is 2.08. The first-order chi connectivity index (χ1) is 8.35. The maximum Gasteiger partial charge on any atom is 0.248 e. The second kappa shape index (κ2) is 5.29. The van der Waals surface area contributed by atoms with Crippen molar-refractivity contribution in [2.24, 2.45) is 0 Å². The summed E-state index contributed by atoms with van der Waals surface area (Å²) in [5, 5.41) is 2.91. The number of carbonyl (C=O) groups excluding carboxylic acids is 2. The lowest BCUT2D eigenvalue weighted by molar-refractivity contribution is -0.162. The van der Waals surface area contributed by atoms with E-state index >= 15 is 0 Å². The molecule has 18 heavy (non-hydrogen) atoms. The van der Waals surface area contributed by atoms with Gasteiger partial charge in [0, 0.05) is 6.54 Å². The first-order valence-electron chi connectivity index (χ1n) is 7.00. The van der Waals surface area contributed by atoms with Crippen LogP contribution >= 0.6 is 0 Å². The third kappa shape index (κ3) is 2.25. The molecular formula is C14H26N2O2. The molecule has 2 amide bonds. The zero-order valence-corrected chi connectivity index (χ0v) is 12.3. The van der Waals surface area contributed by atoms with E-state index in [-0.39, 0.29) is 11.8 Å². The van der Waals surface area contributed by atoms with Gasteiger partial charge in [-0.2, -0.15) is 0 Å². The van der Waals surface area contributed by atoms with Crippen LogP contribution in [0.5, 0.6) is 0 Å². The number of nitrogens with zero attached hydrogens (tertiary/aromatic N) is 1. The van der Waals surface area contributed by atoms with Crippen LogP contribution in [0.15, 0.2) is 0 Å². The quantitative estimate of drug-likeness (QED) is 0.816. The van der Waals surface area contributed by atoms with E-state index in [1.54, 1.807) is 4.90 Å². The van der Waals surface area contributed by atoms with E-state index in [9.17, 15) is 9.59 Å². The van der Waals surface area contributed by atoms with Crippen molar-refractivity contribution in [1.29, 1.82) is 0 Å². The fourth-order valence-electron chi connectivity index (χ4n) is 2.34. The Bertz CT molecular complexity index is 343. The van der Waals surface area contributed by atoms with E-state index in [0.717, 1.165) is 12.8 Å².